The minimum atomic E-state index is 0.0157. The van der Waals surface area contributed by atoms with E-state index in [1.807, 2.05) is 13.8 Å². The third-order valence-electron chi connectivity index (χ3n) is 9.28. The maximum Gasteiger partial charge on any atom is 0.0553 e. The largest absolute Gasteiger partial charge is 0.376 e. The first-order valence-corrected chi connectivity index (χ1v) is 14.8. The minimum absolute atomic E-state index is 0.0157. The number of benzene rings is 1. The molecule has 1 N–H and O–H groups in total. The van der Waals surface area contributed by atoms with Crippen molar-refractivity contribution in [1.82, 2.24) is 9.88 Å². The molecule has 0 spiro atoms. The highest BCUT2D eigenvalue weighted by atomic mass is 15.0. The van der Waals surface area contributed by atoms with E-state index in [0.29, 0.717) is 17.8 Å². The Morgan fingerprint density at radius 3 is 2.47 bits per heavy atom. The fourth-order valence-corrected chi connectivity index (χ4v) is 7.47. The summed E-state index contributed by atoms with van der Waals surface area (Å²) >= 11 is 0. The Morgan fingerprint density at radius 2 is 1.72 bits per heavy atom. The lowest BCUT2D eigenvalue weighted by Crippen LogP contribution is -2.38. The highest BCUT2D eigenvalue weighted by Gasteiger charge is 2.34. The fourth-order valence-electron chi connectivity index (χ4n) is 7.47. The lowest BCUT2D eigenvalue weighted by Gasteiger charge is -2.29. The predicted molar refractivity (Wildman–Crippen MR) is 156 cm³/mol. The Balaban J connectivity index is 0.00000130. The van der Waals surface area contributed by atoms with E-state index in [1.54, 1.807) is 11.3 Å². The molecule has 2 saturated carbocycles. The molecule has 1 aromatic heterocycles. The number of allylic oxidation sites excluding steroid dienone is 4. The molecule has 36 heavy (non-hydrogen) atoms. The first kappa shape index (κ1) is 25.2. The molecule has 2 heteroatoms. The quantitative estimate of drug-likeness (QED) is 0.420. The summed E-state index contributed by atoms with van der Waals surface area (Å²) in [5.41, 5.74) is 7.02. The molecule has 0 bridgehead atoms. The summed E-state index contributed by atoms with van der Waals surface area (Å²) < 4.78 is 2.71. The summed E-state index contributed by atoms with van der Waals surface area (Å²) in [4.78, 5) is 0. The van der Waals surface area contributed by atoms with Gasteiger partial charge in [-0.25, -0.2) is 0 Å². The van der Waals surface area contributed by atoms with E-state index in [1.165, 1.54) is 74.3 Å². The van der Waals surface area contributed by atoms with Crippen molar-refractivity contribution >= 4 is 16.6 Å². The Bertz CT molecular complexity index is 1150. The van der Waals surface area contributed by atoms with Crippen molar-refractivity contribution in [3.63, 3.8) is 0 Å². The van der Waals surface area contributed by atoms with Crippen LogP contribution >= 0.6 is 0 Å². The molecule has 2 heterocycles. The molecular formula is C34H46N2. The van der Waals surface area contributed by atoms with Gasteiger partial charge < -0.3 is 9.88 Å². The van der Waals surface area contributed by atoms with E-state index in [9.17, 15) is 0 Å². The van der Waals surface area contributed by atoms with Crippen molar-refractivity contribution in [1.29, 1.82) is 0 Å². The summed E-state index contributed by atoms with van der Waals surface area (Å²) in [6, 6.07) is 7.19. The molecule has 6 rings (SSSR count). The fraction of sp³-hybridized carbons (Fsp3) is 0.529. The van der Waals surface area contributed by atoms with Crippen molar-refractivity contribution in [2.24, 2.45) is 5.92 Å². The number of aryl methyl sites for hydroxylation is 1. The summed E-state index contributed by atoms with van der Waals surface area (Å²) in [7, 11) is 0. The molecule has 192 valence electrons. The molecule has 0 amide bonds. The van der Waals surface area contributed by atoms with Gasteiger partial charge in [0.2, 0.25) is 0 Å². The molecule has 0 saturated heterocycles. The first-order valence-electron chi connectivity index (χ1n) is 14.8. The van der Waals surface area contributed by atoms with Crippen molar-refractivity contribution in [2.75, 3.05) is 0 Å². The molecule has 1 aromatic carbocycles. The minimum Gasteiger partial charge on any atom is -0.376 e. The molecule has 0 radical (unpaired) electrons. The van der Waals surface area contributed by atoms with Crippen LogP contribution in [0.2, 0.25) is 0 Å². The average Bonchev–Trinajstić information content (AvgIpc) is 3.47. The monoisotopic (exact) mass is 482 g/mol. The molecule has 2 atom stereocenters. The second-order valence-corrected chi connectivity index (χ2v) is 11.3. The van der Waals surface area contributed by atoms with E-state index < -0.39 is 0 Å². The molecule has 2 unspecified atom stereocenters. The molecule has 2 fully saturated rings. The number of rotatable bonds is 5. The molecular weight excluding hydrogens is 436 g/mol. The van der Waals surface area contributed by atoms with Gasteiger partial charge in [-0.3, -0.25) is 0 Å². The summed E-state index contributed by atoms with van der Waals surface area (Å²) in [6.45, 7) is 13.8. The lowest BCUT2D eigenvalue weighted by atomic mass is 9.77. The highest BCUT2D eigenvalue weighted by molar-refractivity contribution is 5.89. The van der Waals surface area contributed by atoms with E-state index in [0.717, 1.165) is 25.1 Å². The zero-order valence-electron chi connectivity index (χ0n) is 22.7. The van der Waals surface area contributed by atoms with Gasteiger partial charge in [-0.2, -0.15) is 0 Å². The van der Waals surface area contributed by atoms with Gasteiger partial charge in [0.1, 0.15) is 0 Å². The number of aromatic nitrogens is 1. The molecule has 4 aliphatic rings. The zero-order chi connectivity index (χ0) is 25.1. The summed E-state index contributed by atoms with van der Waals surface area (Å²) in [6.07, 6.45) is 25.9. The van der Waals surface area contributed by atoms with Crippen molar-refractivity contribution in [3.05, 3.63) is 78.6 Å². The highest BCUT2D eigenvalue weighted by Crippen LogP contribution is 2.47. The van der Waals surface area contributed by atoms with Crippen molar-refractivity contribution < 1.29 is 0 Å². The van der Waals surface area contributed by atoms with Gasteiger partial charge in [0.05, 0.1) is 5.54 Å². The van der Waals surface area contributed by atoms with Crippen LogP contribution < -0.4 is 5.32 Å². The Morgan fingerprint density at radius 1 is 0.972 bits per heavy atom. The van der Waals surface area contributed by atoms with Crippen LogP contribution in [-0.4, -0.2) is 10.1 Å². The standard InChI is InChI=1S/C32H40N2.C2H6/c1-3-32(19-9-10-20-32)33-23(2)26-17-18-28-29(22-26)34-21-11-15-24-12-7-8-16-27(24)31(34)30(28)25-13-5-4-6-14-25;1-2/h3,7-8,12,16-18,22,24-25,27,33H,1-2,4-6,9-11,13-15,19-21H2;1-2H3. The smallest absolute Gasteiger partial charge is 0.0553 e. The third-order valence-corrected chi connectivity index (χ3v) is 9.28. The number of fused-ring (bicyclic) bond motifs is 5. The summed E-state index contributed by atoms with van der Waals surface area (Å²) in [5, 5.41) is 5.29. The summed E-state index contributed by atoms with van der Waals surface area (Å²) in [5.74, 6) is 1.87. The van der Waals surface area contributed by atoms with E-state index in [4.69, 9.17) is 0 Å². The van der Waals surface area contributed by atoms with Crippen LogP contribution in [-0.2, 0) is 6.54 Å². The van der Waals surface area contributed by atoms with Gasteiger partial charge in [-0.1, -0.05) is 95.0 Å². The van der Waals surface area contributed by atoms with E-state index in [-0.39, 0.29) is 5.54 Å². The average molecular weight is 483 g/mol. The van der Waals surface area contributed by atoms with Crippen molar-refractivity contribution in [2.45, 2.75) is 108 Å². The van der Waals surface area contributed by atoms with Gasteiger partial charge >= 0.3 is 0 Å². The number of nitrogens with one attached hydrogen (secondary N) is 1. The molecule has 2 nitrogen and oxygen atoms in total. The zero-order valence-corrected chi connectivity index (χ0v) is 22.7. The molecule has 1 aliphatic heterocycles. The number of hydrogen-bond acceptors (Lipinski definition) is 1. The van der Waals surface area contributed by atoms with Crippen LogP contribution in [0.4, 0.5) is 0 Å². The van der Waals surface area contributed by atoms with Gasteiger partial charge in [0.25, 0.3) is 0 Å². The Kier molecular flexibility index (Phi) is 7.60. The maximum atomic E-state index is 4.49. The molecule has 2 aromatic rings. The van der Waals surface area contributed by atoms with Gasteiger partial charge in [-0.15, -0.1) is 6.58 Å². The van der Waals surface area contributed by atoms with Gasteiger partial charge in [-0.05, 0) is 67.6 Å². The van der Waals surface area contributed by atoms with E-state index in [2.05, 4.69) is 71.6 Å². The second kappa shape index (κ2) is 10.9. The topological polar surface area (TPSA) is 17.0 Å². The first-order chi connectivity index (χ1) is 17.7. The van der Waals surface area contributed by atoms with Crippen LogP contribution in [0.3, 0.4) is 0 Å². The van der Waals surface area contributed by atoms with E-state index >= 15 is 0 Å². The number of nitrogens with zero attached hydrogens (tertiary/aromatic N) is 1. The van der Waals surface area contributed by atoms with Crippen LogP contribution in [0.15, 0.2) is 61.7 Å². The van der Waals surface area contributed by atoms with Crippen molar-refractivity contribution in [3.8, 4) is 0 Å². The van der Waals surface area contributed by atoms with Crippen LogP contribution in [0.25, 0.3) is 16.6 Å². The van der Waals surface area contributed by atoms with Crippen LogP contribution in [0.1, 0.15) is 113 Å². The number of hydrogen-bond donors (Lipinski definition) is 1. The second-order valence-electron chi connectivity index (χ2n) is 11.3. The third kappa shape index (κ3) is 4.53. The van der Waals surface area contributed by atoms with Crippen LogP contribution in [0, 0.1) is 5.92 Å². The lowest BCUT2D eigenvalue weighted by molar-refractivity contribution is 0.438. The SMILES string of the molecule is C=CC1(NC(=C)c2ccc3c(C4CCCCC4)c4n(c3c2)CCCC2C=CC=CC42)CCCC1.CC. The predicted octanol–water partition coefficient (Wildman–Crippen LogP) is 9.39. The normalized spacial score (nSPS) is 24.8. The van der Waals surface area contributed by atoms with Gasteiger partial charge in [0, 0.05) is 34.8 Å². The van der Waals surface area contributed by atoms with Crippen LogP contribution in [0.5, 0.6) is 0 Å². The Hall–Kier alpha value is -2.48. The maximum absolute atomic E-state index is 4.49. The Labute approximate surface area is 219 Å². The van der Waals surface area contributed by atoms with Gasteiger partial charge in [0.15, 0.2) is 0 Å². The molecule has 3 aliphatic carbocycles.